The number of carboxylic acid groups (broad SMARTS) is 1. The summed E-state index contributed by atoms with van der Waals surface area (Å²) in [7, 11) is 0. The van der Waals surface area contributed by atoms with Crippen molar-refractivity contribution in [2.24, 2.45) is 5.92 Å². The Balaban J connectivity index is 2.30. The van der Waals surface area contributed by atoms with Crippen molar-refractivity contribution < 1.29 is 19.4 Å². The van der Waals surface area contributed by atoms with E-state index in [1.54, 1.807) is 0 Å². The van der Waals surface area contributed by atoms with Crippen molar-refractivity contribution in [2.45, 2.75) is 12.5 Å². The van der Waals surface area contributed by atoms with Gasteiger partial charge in [0.25, 0.3) is 0 Å². The number of benzene rings is 1. The average molecular weight is 304 g/mol. The predicted molar refractivity (Wildman–Crippen MR) is 62.3 cm³/mol. The molecule has 0 radical (unpaired) electrons. The molecule has 92 valence electrons. The first-order valence-electron chi connectivity index (χ1n) is 5.13. The lowest BCUT2D eigenvalue weighted by Crippen LogP contribution is -2.17. The van der Waals surface area contributed by atoms with Gasteiger partial charge in [-0.05, 0) is 34.5 Å². The standard InChI is InChI=1S/C11H11BrFNO3/c12-6-1-2-8(15)9(10(6)13)7-3-5(4-14-7)11(16)17/h1-2,5,7,14-15H,3-4H2,(H,16,17). The summed E-state index contributed by atoms with van der Waals surface area (Å²) in [6.07, 6.45) is 0.274. The summed E-state index contributed by atoms with van der Waals surface area (Å²) in [6.45, 7) is 0.283. The number of hydrogen-bond acceptors (Lipinski definition) is 3. The lowest BCUT2D eigenvalue weighted by Gasteiger charge is -2.14. The number of nitrogens with one attached hydrogen (secondary N) is 1. The fourth-order valence-corrected chi connectivity index (χ4v) is 2.38. The zero-order valence-electron chi connectivity index (χ0n) is 8.78. The molecule has 17 heavy (non-hydrogen) atoms. The summed E-state index contributed by atoms with van der Waals surface area (Å²) in [5, 5.41) is 21.4. The summed E-state index contributed by atoms with van der Waals surface area (Å²) in [4.78, 5) is 10.8. The van der Waals surface area contributed by atoms with Crippen molar-refractivity contribution >= 4 is 21.9 Å². The first kappa shape index (κ1) is 12.3. The molecule has 0 saturated carbocycles. The van der Waals surface area contributed by atoms with Crippen LogP contribution in [-0.2, 0) is 4.79 Å². The van der Waals surface area contributed by atoms with Gasteiger partial charge in [0, 0.05) is 18.2 Å². The Labute approximate surface area is 106 Å². The molecular formula is C11H11BrFNO3. The maximum Gasteiger partial charge on any atom is 0.307 e. The van der Waals surface area contributed by atoms with Crippen molar-refractivity contribution in [3.8, 4) is 5.75 Å². The predicted octanol–water partition coefficient (Wildman–Crippen LogP) is 2.03. The topological polar surface area (TPSA) is 69.6 Å². The highest BCUT2D eigenvalue weighted by Crippen LogP contribution is 2.37. The van der Waals surface area contributed by atoms with Crippen LogP contribution < -0.4 is 5.32 Å². The van der Waals surface area contributed by atoms with Gasteiger partial charge < -0.3 is 15.5 Å². The number of aliphatic carboxylic acids is 1. The summed E-state index contributed by atoms with van der Waals surface area (Å²) in [6, 6.07) is 2.34. The molecule has 3 N–H and O–H groups in total. The number of hydrogen-bond donors (Lipinski definition) is 3. The summed E-state index contributed by atoms with van der Waals surface area (Å²) < 4.78 is 14.1. The van der Waals surface area contributed by atoms with Crippen LogP contribution in [0, 0.1) is 11.7 Å². The summed E-state index contributed by atoms with van der Waals surface area (Å²) in [5.41, 5.74) is 0.128. The Bertz CT molecular complexity index is 466. The van der Waals surface area contributed by atoms with E-state index in [-0.39, 0.29) is 28.8 Å². The molecule has 0 aliphatic carbocycles. The summed E-state index contributed by atoms with van der Waals surface area (Å²) in [5.74, 6) is -2.16. The van der Waals surface area contributed by atoms with E-state index in [0.717, 1.165) is 0 Å². The van der Waals surface area contributed by atoms with E-state index in [9.17, 15) is 14.3 Å². The number of aromatic hydroxyl groups is 1. The van der Waals surface area contributed by atoms with Crippen LogP contribution in [0.1, 0.15) is 18.0 Å². The number of halogens is 2. The second-order valence-corrected chi connectivity index (χ2v) is 4.88. The van der Waals surface area contributed by atoms with Crippen LogP contribution in [0.3, 0.4) is 0 Å². The molecule has 0 bridgehead atoms. The molecule has 0 spiro atoms. The lowest BCUT2D eigenvalue weighted by molar-refractivity contribution is -0.141. The fraction of sp³-hybridized carbons (Fsp3) is 0.364. The van der Waals surface area contributed by atoms with Crippen LogP contribution in [0.5, 0.6) is 5.75 Å². The zero-order chi connectivity index (χ0) is 12.6. The maximum absolute atomic E-state index is 13.8. The van der Waals surface area contributed by atoms with Crippen LogP contribution >= 0.6 is 15.9 Å². The Morgan fingerprint density at radius 2 is 2.24 bits per heavy atom. The molecule has 2 unspecified atom stereocenters. The molecule has 1 fully saturated rings. The van der Waals surface area contributed by atoms with Crippen molar-refractivity contribution in [3.05, 3.63) is 28.0 Å². The molecule has 2 rings (SSSR count). The molecule has 1 aromatic carbocycles. The second kappa shape index (κ2) is 4.62. The zero-order valence-corrected chi connectivity index (χ0v) is 10.4. The van der Waals surface area contributed by atoms with Crippen molar-refractivity contribution in [1.29, 1.82) is 0 Å². The molecule has 0 amide bonds. The van der Waals surface area contributed by atoms with Gasteiger partial charge in [-0.25, -0.2) is 4.39 Å². The normalized spacial score (nSPS) is 23.9. The average Bonchev–Trinajstić information content (AvgIpc) is 2.73. The third kappa shape index (κ3) is 2.28. The minimum absolute atomic E-state index is 0.128. The monoisotopic (exact) mass is 303 g/mol. The van der Waals surface area contributed by atoms with Crippen molar-refractivity contribution in [2.75, 3.05) is 6.54 Å². The number of rotatable bonds is 2. The fourth-order valence-electron chi connectivity index (χ4n) is 2.03. The Kier molecular flexibility index (Phi) is 3.35. The molecule has 1 aliphatic heterocycles. The number of carbonyl (C=O) groups is 1. The van der Waals surface area contributed by atoms with Gasteiger partial charge in [0.05, 0.1) is 10.4 Å². The van der Waals surface area contributed by atoms with Crippen molar-refractivity contribution in [1.82, 2.24) is 5.32 Å². The van der Waals surface area contributed by atoms with Gasteiger partial charge in [0.1, 0.15) is 11.6 Å². The minimum atomic E-state index is -0.908. The summed E-state index contributed by atoms with van der Waals surface area (Å²) >= 11 is 3.04. The first-order valence-corrected chi connectivity index (χ1v) is 5.93. The smallest absolute Gasteiger partial charge is 0.307 e. The third-order valence-electron chi connectivity index (χ3n) is 2.94. The highest BCUT2D eigenvalue weighted by atomic mass is 79.9. The van der Waals surface area contributed by atoms with Crippen molar-refractivity contribution in [3.63, 3.8) is 0 Å². The van der Waals surface area contributed by atoms with Gasteiger partial charge in [-0.1, -0.05) is 0 Å². The highest BCUT2D eigenvalue weighted by Gasteiger charge is 2.33. The van der Waals surface area contributed by atoms with E-state index in [0.29, 0.717) is 0 Å². The van der Waals surface area contributed by atoms with Crippen LogP contribution in [0.2, 0.25) is 0 Å². The van der Waals surface area contributed by atoms with E-state index < -0.39 is 23.7 Å². The second-order valence-electron chi connectivity index (χ2n) is 4.03. The van der Waals surface area contributed by atoms with E-state index in [4.69, 9.17) is 5.11 Å². The lowest BCUT2D eigenvalue weighted by atomic mass is 9.99. The minimum Gasteiger partial charge on any atom is -0.507 e. The molecule has 1 saturated heterocycles. The van der Waals surface area contributed by atoms with Gasteiger partial charge in [-0.15, -0.1) is 0 Å². The molecule has 4 nitrogen and oxygen atoms in total. The molecule has 2 atom stereocenters. The van der Waals surface area contributed by atoms with E-state index >= 15 is 0 Å². The Hall–Kier alpha value is -1.14. The number of phenols is 1. The first-order chi connectivity index (χ1) is 8.00. The van der Waals surface area contributed by atoms with Crippen LogP contribution in [0.15, 0.2) is 16.6 Å². The van der Waals surface area contributed by atoms with Gasteiger partial charge in [0.2, 0.25) is 0 Å². The molecule has 1 aliphatic rings. The largest absolute Gasteiger partial charge is 0.507 e. The number of carboxylic acids is 1. The van der Waals surface area contributed by atoms with Crippen LogP contribution in [-0.4, -0.2) is 22.7 Å². The van der Waals surface area contributed by atoms with Crippen LogP contribution in [0.4, 0.5) is 4.39 Å². The number of phenolic OH excluding ortho intramolecular Hbond substituents is 1. The third-order valence-corrected chi connectivity index (χ3v) is 3.55. The Morgan fingerprint density at radius 3 is 2.82 bits per heavy atom. The van der Waals surface area contributed by atoms with Gasteiger partial charge in [0.15, 0.2) is 0 Å². The van der Waals surface area contributed by atoms with Gasteiger partial charge >= 0.3 is 5.97 Å². The molecule has 6 heteroatoms. The highest BCUT2D eigenvalue weighted by molar-refractivity contribution is 9.10. The van der Waals surface area contributed by atoms with E-state index in [1.807, 2.05) is 0 Å². The SMILES string of the molecule is O=C(O)C1CNC(c2c(O)ccc(Br)c2F)C1. The van der Waals surface area contributed by atoms with Crippen LogP contribution in [0.25, 0.3) is 0 Å². The van der Waals surface area contributed by atoms with Gasteiger partial charge in [-0.3, -0.25) is 4.79 Å². The molecule has 1 heterocycles. The van der Waals surface area contributed by atoms with Gasteiger partial charge in [-0.2, -0.15) is 0 Å². The Morgan fingerprint density at radius 1 is 1.53 bits per heavy atom. The van der Waals surface area contributed by atoms with E-state index in [1.165, 1.54) is 12.1 Å². The maximum atomic E-state index is 13.8. The molecule has 0 aromatic heterocycles. The van der Waals surface area contributed by atoms with E-state index in [2.05, 4.69) is 21.2 Å². The molecule has 1 aromatic rings. The quantitative estimate of drug-likeness (QED) is 0.782. The molecular weight excluding hydrogens is 293 g/mol.